The fourth-order valence-electron chi connectivity index (χ4n) is 1.90. The Morgan fingerprint density at radius 3 is 2.56 bits per heavy atom. The average molecular weight is 266 g/mol. The molecule has 0 fully saturated rings. The number of nitrogens with one attached hydrogen (secondary N) is 1. The minimum atomic E-state index is 0.200. The molecule has 3 N–H and O–H groups in total. The van der Waals surface area contributed by atoms with Gasteiger partial charge < -0.3 is 16.0 Å². The number of rotatable bonds is 6. The average Bonchev–Trinajstić information content (AvgIpc) is 2.25. The van der Waals surface area contributed by atoms with Crippen LogP contribution in [0.3, 0.4) is 0 Å². The molecular formula is C13H22N4S. The van der Waals surface area contributed by atoms with E-state index in [4.69, 9.17) is 18.0 Å². The fraction of sp³-hybridized carbons (Fsp3) is 0.538. The van der Waals surface area contributed by atoms with Crippen molar-refractivity contribution in [2.24, 2.45) is 11.1 Å². The van der Waals surface area contributed by atoms with E-state index in [1.165, 1.54) is 0 Å². The van der Waals surface area contributed by atoms with Crippen molar-refractivity contribution in [3.05, 3.63) is 24.0 Å². The second-order valence-corrected chi connectivity index (χ2v) is 5.99. The van der Waals surface area contributed by atoms with Gasteiger partial charge in [-0.3, -0.25) is 4.98 Å². The zero-order valence-corrected chi connectivity index (χ0v) is 12.3. The van der Waals surface area contributed by atoms with Crippen LogP contribution < -0.4 is 11.1 Å². The third-order valence-electron chi connectivity index (χ3n) is 2.53. The van der Waals surface area contributed by atoms with Gasteiger partial charge in [-0.25, -0.2) is 0 Å². The van der Waals surface area contributed by atoms with Crippen LogP contribution in [0.15, 0.2) is 18.3 Å². The first kappa shape index (κ1) is 14.9. The zero-order chi connectivity index (χ0) is 13.8. The van der Waals surface area contributed by atoms with E-state index in [1.807, 2.05) is 12.1 Å². The molecule has 0 unspecified atom stereocenters. The lowest BCUT2D eigenvalue weighted by molar-refractivity contribution is 0.254. The van der Waals surface area contributed by atoms with Crippen molar-refractivity contribution in [3.8, 4) is 0 Å². The van der Waals surface area contributed by atoms with Gasteiger partial charge in [0.05, 0.1) is 17.6 Å². The Labute approximate surface area is 115 Å². The van der Waals surface area contributed by atoms with Crippen molar-refractivity contribution >= 4 is 22.9 Å². The molecule has 1 aromatic heterocycles. The molecule has 1 rings (SSSR count). The van der Waals surface area contributed by atoms with Gasteiger partial charge in [0.15, 0.2) is 0 Å². The highest BCUT2D eigenvalue weighted by Gasteiger charge is 2.18. The van der Waals surface area contributed by atoms with Crippen LogP contribution in [0, 0.1) is 5.41 Å². The molecule has 18 heavy (non-hydrogen) atoms. The summed E-state index contributed by atoms with van der Waals surface area (Å²) >= 11 is 4.87. The van der Waals surface area contributed by atoms with Gasteiger partial charge in [-0.1, -0.05) is 26.1 Å². The third-order valence-corrected chi connectivity index (χ3v) is 2.74. The lowest BCUT2D eigenvalue weighted by atomic mass is 9.93. The summed E-state index contributed by atoms with van der Waals surface area (Å²) in [6.07, 6.45) is 1.76. The highest BCUT2D eigenvalue weighted by atomic mass is 32.1. The molecule has 4 nitrogen and oxygen atoms in total. The molecule has 0 saturated heterocycles. The topological polar surface area (TPSA) is 54.2 Å². The number of aromatic nitrogens is 1. The van der Waals surface area contributed by atoms with E-state index in [-0.39, 0.29) is 5.41 Å². The van der Waals surface area contributed by atoms with Crippen molar-refractivity contribution in [2.75, 3.05) is 32.5 Å². The molecule has 0 aliphatic rings. The van der Waals surface area contributed by atoms with Gasteiger partial charge in [0.25, 0.3) is 0 Å². The zero-order valence-electron chi connectivity index (χ0n) is 11.5. The Hall–Kier alpha value is -1.20. The molecule has 0 atom stereocenters. The second kappa shape index (κ2) is 6.11. The number of hydrogen-bond acceptors (Lipinski definition) is 4. The number of pyridine rings is 1. The Kier molecular flexibility index (Phi) is 5.04. The van der Waals surface area contributed by atoms with E-state index in [0.717, 1.165) is 18.8 Å². The van der Waals surface area contributed by atoms with Crippen LogP contribution in [0.1, 0.15) is 19.5 Å². The first-order valence-corrected chi connectivity index (χ1v) is 6.35. The van der Waals surface area contributed by atoms with Crippen LogP contribution >= 0.6 is 12.2 Å². The largest absolute Gasteiger partial charge is 0.388 e. The highest BCUT2D eigenvalue weighted by Crippen LogP contribution is 2.17. The van der Waals surface area contributed by atoms with Gasteiger partial charge in [-0.2, -0.15) is 0 Å². The summed E-state index contributed by atoms with van der Waals surface area (Å²) in [5.74, 6) is 0. The molecule has 100 valence electrons. The SMILES string of the molecule is CN(C)CC(C)(C)CNc1ccc(C(N)=S)nc1. The van der Waals surface area contributed by atoms with Crippen LogP contribution in [0.2, 0.25) is 0 Å². The lowest BCUT2D eigenvalue weighted by Gasteiger charge is -2.28. The number of nitrogens with two attached hydrogens (primary N) is 1. The van der Waals surface area contributed by atoms with Gasteiger partial charge in [0.2, 0.25) is 0 Å². The molecule has 1 heterocycles. The second-order valence-electron chi connectivity index (χ2n) is 5.55. The summed E-state index contributed by atoms with van der Waals surface area (Å²) in [5, 5.41) is 3.38. The van der Waals surface area contributed by atoms with Crippen LogP contribution in [0.25, 0.3) is 0 Å². The van der Waals surface area contributed by atoms with E-state index in [1.54, 1.807) is 6.20 Å². The Balaban J connectivity index is 2.55. The monoisotopic (exact) mass is 266 g/mol. The van der Waals surface area contributed by atoms with Crippen molar-refractivity contribution in [2.45, 2.75) is 13.8 Å². The maximum atomic E-state index is 5.50. The van der Waals surface area contributed by atoms with E-state index < -0.39 is 0 Å². The van der Waals surface area contributed by atoms with Crippen LogP contribution in [0.5, 0.6) is 0 Å². The molecule has 0 radical (unpaired) electrons. The van der Waals surface area contributed by atoms with E-state index >= 15 is 0 Å². The molecule has 1 aromatic rings. The van der Waals surface area contributed by atoms with Gasteiger partial charge in [0.1, 0.15) is 4.99 Å². The molecule has 0 amide bonds. The van der Waals surface area contributed by atoms with Gasteiger partial charge in [0, 0.05) is 13.1 Å². The Bertz CT molecular complexity index is 398. The molecule has 5 heteroatoms. The van der Waals surface area contributed by atoms with Crippen molar-refractivity contribution < 1.29 is 0 Å². The van der Waals surface area contributed by atoms with Crippen molar-refractivity contribution in [3.63, 3.8) is 0 Å². The summed E-state index contributed by atoms with van der Waals surface area (Å²) in [6.45, 7) is 6.38. The fourth-order valence-corrected chi connectivity index (χ4v) is 2.02. The predicted octanol–water partition coefficient (Wildman–Crippen LogP) is 1.72. The smallest absolute Gasteiger partial charge is 0.122 e. The maximum Gasteiger partial charge on any atom is 0.122 e. The lowest BCUT2D eigenvalue weighted by Crippen LogP contribution is -2.34. The summed E-state index contributed by atoms with van der Waals surface area (Å²) < 4.78 is 0. The normalized spacial score (nSPS) is 11.6. The summed E-state index contributed by atoms with van der Waals surface area (Å²) in [6, 6.07) is 3.79. The Morgan fingerprint density at radius 2 is 2.11 bits per heavy atom. The summed E-state index contributed by atoms with van der Waals surface area (Å²) in [5.41, 5.74) is 7.35. The molecular weight excluding hydrogens is 244 g/mol. The number of thiocarbonyl (C=S) groups is 1. The third kappa shape index (κ3) is 4.98. The van der Waals surface area contributed by atoms with Crippen molar-refractivity contribution in [1.82, 2.24) is 9.88 Å². The predicted molar refractivity (Wildman–Crippen MR) is 80.9 cm³/mol. The van der Waals surface area contributed by atoms with Crippen LogP contribution in [-0.4, -0.2) is 42.1 Å². The van der Waals surface area contributed by atoms with E-state index in [0.29, 0.717) is 10.7 Å². The van der Waals surface area contributed by atoms with E-state index in [9.17, 15) is 0 Å². The summed E-state index contributed by atoms with van der Waals surface area (Å²) in [4.78, 5) is 6.72. The van der Waals surface area contributed by atoms with Crippen LogP contribution in [-0.2, 0) is 0 Å². The first-order valence-electron chi connectivity index (χ1n) is 5.95. The molecule has 0 aliphatic carbocycles. The molecule has 0 saturated carbocycles. The minimum Gasteiger partial charge on any atom is -0.388 e. The van der Waals surface area contributed by atoms with E-state index in [2.05, 4.69) is 43.1 Å². The quantitative estimate of drug-likeness (QED) is 0.768. The highest BCUT2D eigenvalue weighted by molar-refractivity contribution is 7.80. The van der Waals surface area contributed by atoms with Crippen molar-refractivity contribution in [1.29, 1.82) is 0 Å². The number of hydrogen-bond donors (Lipinski definition) is 2. The van der Waals surface area contributed by atoms with Gasteiger partial charge in [-0.05, 0) is 31.6 Å². The maximum absolute atomic E-state index is 5.50. The minimum absolute atomic E-state index is 0.200. The summed E-state index contributed by atoms with van der Waals surface area (Å²) in [7, 11) is 4.17. The van der Waals surface area contributed by atoms with Crippen LogP contribution in [0.4, 0.5) is 5.69 Å². The molecule has 0 aliphatic heterocycles. The Morgan fingerprint density at radius 1 is 1.44 bits per heavy atom. The standard InChI is InChI=1S/C13H22N4S/c1-13(2,9-17(3)4)8-16-10-5-6-11(12(14)18)15-7-10/h5-7,16H,8-9H2,1-4H3,(H2,14,18). The molecule has 0 spiro atoms. The van der Waals surface area contributed by atoms with Gasteiger partial charge in [-0.15, -0.1) is 0 Å². The molecule has 0 bridgehead atoms. The van der Waals surface area contributed by atoms with Gasteiger partial charge >= 0.3 is 0 Å². The molecule has 0 aromatic carbocycles. The number of nitrogens with zero attached hydrogens (tertiary/aromatic N) is 2. The first-order chi connectivity index (χ1) is 8.30. The number of anilines is 1.